The van der Waals surface area contributed by atoms with Crippen molar-refractivity contribution in [2.45, 2.75) is 13.0 Å². The quantitative estimate of drug-likeness (QED) is 0.858. The van der Waals surface area contributed by atoms with E-state index in [1.54, 1.807) is 6.07 Å². The highest BCUT2D eigenvalue weighted by Crippen LogP contribution is 2.32. The van der Waals surface area contributed by atoms with E-state index < -0.39 is 0 Å². The van der Waals surface area contributed by atoms with Crippen molar-refractivity contribution in [3.63, 3.8) is 0 Å². The predicted molar refractivity (Wildman–Crippen MR) is 78.5 cm³/mol. The number of hydrogen-bond donors (Lipinski definition) is 0. The first-order valence-corrected chi connectivity index (χ1v) is 7.23. The Balaban J connectivity index is 2.17. The van der Waals surface area contributed by atoms with Crippen molar-refractivity contribution in [2.75, 3.05) is 32.7 Å². The molecule has 1 saturated heterocycles. The number of benzene rings is 1. The summed E-state index contributed by atoms with van der Waals surface area (Å²) < 4.78 is 0. The summed E-state index contributed by atoms with van der Waals surface area (Å²) in [5.41, 5.74) is 0.807. The monoisotopic (exact) mass is 297 g/mol. The first kappa shape index (κ1) is 14.6. The molecule has 1 aliphatic rings. The molecule has 0 aliphatic carbocycles. The van der Waals surface area contributed by atoms with E-state index in [9.17, 15) is 5.26 Å². The van der Waals surface area contributed by atoms with Crippen molar-refractivity contribution < 1.29 is 0 Å². The highest BCUT2D eigenvalue weighted by atomic mass is 35.5. The van der Waals surface area contributed by atoms with Crippen LogP contribution in [0.5, 0.6) is 0 Å². The van der Waals surface area contributed by atoms with Crippen LogP contribution < -0.4 is 0 Å². The van der Waals surface area contributed by atoms with E-state index in [1.165, 1.54) is 0 Å². The Kier molecular flexibility index (Phi) is 5.06. The molecule has 0 N–H and O–H groups in total. The molecule has 0 radical (unpaired) electrons. The van der Waals surface area contributed by atoms with Crippen LogP contribution in [0.15, 0.2) is 18.2 Å². The maximum absolute atomic E-state index is 9.46. The molecule has 19 heavy (non-hydrogen) atoms. The molecular weight excluding hydrogens is 281 g/mol. The van der Waals surface area contributed by atoms with Gasteiger partial charge in [-0.2, -0.15) is 5.26 Å². The number of piperazine rings is 1. The molecule has 1 heterocycles. The van der Waals surface area contributed by atoms with Crippen LogP contribution in [0.2, 0.25) is 10.0 Å². The summed E-state index contributed by atoms with van der Waals surface area (Å²) in [5, 5.41) is 10.5. The molecule has 5 heteroatoms. The minimum absolute atomic E-state index is 0.315. The summed E-state index contributed by atoms with van der Waals surface area (Å²) in [6.07, 6.45) is 0. The molecule has 0 aromatic heterocycles. The number of nitriles is 1. The summed E-state index contributed by atoms with van der Waals surface area (Å²) in [6, 6.07) is 7.51. The lowest BCUT2D eigenvalue weighted by atomic mass is 10.1. The third kappa shape index (κ3) is 3.21. The zero-order valence-corrected chi connectivity index (χ0v) is 12.5. The number of likely N-dealkylation sites (N-methyl/N-ethyl adjacent to an activating group) is 1. The maximum atomic E-state index is 9.46. The Morgan fingerprint density at radius 3 is 2.53 bits per heavy atom. The first-order valence-electron chi connectivity index (χ1n) is 6.47. The van der Waals surface area contributed by atoms with Crippen molar-refractivity contribution >= 4 is 23.2 Å². The Morgan fingerprint density at radius 1 is 1.26 bits per heavy atom. The highest BCUT2D eigenvalue weighted by molar-refractivity contribution is 6.42. The lowest BCUT2D eigenvalue weighted by molar-refractivity contribution is 0.118. The zero-order chi connectivity index (χ0) is 13.8. The van der Waals surface area contributed by atoms with Crippen LogP contribution in [0.3, 0.4) is 0 Å². The van der Waals surface area contributed by atoms with Gasteiger partial charge in [-0.3, -0.25) is 4.90 Å². The maximum Gasteiger partial charge on any atom is 0.125 e. The van der Waals surface area contributed by atoms with Crippen molar-refractivity contribution in [3.8, 4) is 6.07 Å². The van der Waals surface area contributed by atoms with Gasteiger partial charge in [0.2, 0.25) is 0 Å². The third-order valence-electron chi connectivity index (χ3n) is 3.62. The number of hydrogen-bond acceptors (Lipinski definition) is 3. The van der Waals surface area contributed by atoms with Crippen LogP contribution in [-0.4, -0.2) is 42.5 Å². The van der Waals surface area contributed by atoms with E-state index in [0.29, 0.717) is 10.0 Å². The average Bonchev–Trinajstić information content (AvgIpc) is 2.45. The minimum Gasteiger partial charge on any atom is -0.301 e. The van der Waals surface area contributed by atoms with Crippen molar-refractivity contribution in [1.29, 1.82) is 5.26 Å². The van der Waals surface area contributed by atoms with Gasteiger partial charge in [0, 0.05) is 31.7 Å². The molecular formula is C14H17Cl2N3. The molecule has 1 aromatic carbocycles. The summed E-state index contributed by atoms with van der Waals surface area (Å²) >= 11 is 12.3. The Morgan fingerprint density at radius 2 is 1.95 bits per heavy atom. The summed E-state index contributed by atoms with van der Waals surface area (Å²) in [5.74, 6) is 0. The van der Waals surface area contributed by atoms with Crippen molar-refractivity contribution in [3.05, 3.63) is 33.8 Å². The van der Waals surface area contributed by atoms with Crippen LogP contribution in [0.25, 0.3) is 0 Å². The van der Waals surface area contributed by atoms with Gasteiger partial charge in [0.25, 0.3) is 0 Å². The summed E-state index contributed by atoms with van der Waals surface area (Å²) in [4.78, 5) is 4.55. The third-order valence-corrected chi connectivity index (χ3v) is 4.45. The molecule has 1 atom stereocenters. The van der Waals surface area contributed by atoms with Gasteiger partial charge < -0.3 is 4.90 Å². The SMILES string of the molecule is CCN1CCN(C(C#N)c2cccc(Cl)c2Cl)CC1. The molecule has 102 valence electrons. The zero-order valence-electron chi connectivity index (χ0n) is 10.9. The fraction of sp³-hybridized carbons (Fsp3) is 0.500. The van der Waals surface area contributed by atoms with Gasteiger partial charge in [0.1, 0.15) is 6.04 Å². The van der Waals surface area contributed by atoms with Gasteiger partial charge >= 0.3 is 0 Å². The minimum atomic E-state index is -0.315. The molecule has 1 aromatic rings. The van der Waals surface area contributed by atoms with E-state index in [0.717, 1.165) is 38.3 Å². The molecule has 0 bridgehead atoms. The van der Waals surface area contributed by atoms with Gasteiger partial charge in [-0.1, -0.05) is 42.3 Å². The van der Waals surface area contributed by atoms with Gasteiger partial charge in [-0.25, -0.2) is 0 Å². The van der Waals surface area contributed by atoms with E-state index in [1.807, 2.05) is 12.1 Å². The molecule has 0 spiro atoms. The highest BCUT2D eigenvalue weighted by Gasteiger charge is 2.26. The second kappa shape index (κ2) is 6.58. The lowest BCUT2D eigenvalue weighted by Crippen LogP contribution is -2.47. The molecule has 1 fully saturated rings. The Labute approximate surface area is 124 Å². The summed E-state index contributed by atoms with van der Waals surface area (Å²) in [7, 11) is 0. The van der Waals surface area contributed by atoms with Crippen molar-refractivity contribution in [2.24, 2.45) is 0 Å². The van der Waals surface area contributed by atoms with Gasteiger partial charge in [0.05, 0.1) is 16.1 Å². The van der Waals surface area contributed by atoms with Gasteiger partial charge in [-0.15, -0.1) is 0 Å². The molecule has 3 nitrogen and oxygen atoms in total. The van der Waals surface area contributed by atoms with Crippen LogP contribution in [-0.2, 0) is 0 Å². The smallest absolute Gasteiger partial charge is 0.125 e. The van der Waals surface area contributed by atoms with Crippen LogP contribution in [0.1, 0.15) is 18.5 Å². The molecule has 0 saturated carbocycles. The molecule has 1 aliphatic heterocycles. The van der Waals surface area contributed by atoms with Crippen LogP contribution >= 0.6 is 23.2 Å². The van der Waals surface area contributed by atoms with E-state index in [4.69, 9.17) is 23.2 Å². The van der Waals surface area contributed by atoms with E-state index >= 15 is 0 Å². The molecule has 1 unspecified atom stereocenters. The van der Waals surface area contributed by atoms with Crippen molar-refractivity contribution in [1.82, 2.24) is 9.80 Å². The fourth-order valence-electron chi connectivity index (χ4n) is 2.42. The number of rotatable bonds is 3. The fourth-order valence-corrected chi connectivity index (χ4v) is 2.83. The average molecular weight is 298 g/mol. The summed E-state index contributed by atoms with van der Waals surface area (Å²) in [6.45, 7) is 6.97. The van der Waals surface area contributed by atoms with Crippen LogP contribution in [0, 0.1) is 11.3 Å². The largest absolute Gasteiger partial charge is 0.301 e. The topological polar surface area (TPSA) is 30.3 Å². The van der Waals surface area contributed by atoms with Gasteiger partial charge in [0.15, 0.2) is 0 Å². The second-order valence-corrected chi connectivity index (χ2v) is 5.43. The standard InChI is InChI=1S/C14H17Cl2N3/c1-2-18-6-8-19(9-7-18)13(10-17)11-4-3-5-12(15)14(11)16/h3-5,13H,2,6-9H2,1H3. The number of halogens is 2. The van der Waals surface area contributed by atoms with Crippen LogP contribution in [0.4, 0.5) is 0 Å². The number of nitrogens with zero attached hydrogens (tertiary/aromatic N) is 3. The van der Waals surface area contributed by atoms with E-state index in [-0.39, 0.29) is 6.04 Å². The predicted octanol–water partition coefficient (Wildman–Crippen LogP) is 3.20. The van der Waals surface area contributed by atoms with Gasteiger partial charge in [-0.05, 0) is 12.6 Å². The first-order chi connectivity index (χ1) is 9.17. The Hall–Kier alpha value is -0.790. The second-order valence-electron chi connectivity index (χ2n) is 4.64. The molecule has 2 rings (SSSR count). The molecule has 0 amide bonds. The normalized spacial score (nSPS) is 19.1. The Bertz CT molecular complexity index is 476. The van der Waals surface area contributed by atoms with E-state index in [2.05, 4.69) is 22.8 Å². The lowest BCUT2D eigenvalue weighted by Gasteiger charge is -2.36.